The summed E-state index contributed by atoms with van der Waals surface area (Å²) in [6.07, 6.45) is 2.41. The molecule has 1 aromatic heterocycles. The van der Waals surface area contributed by atoms with Gasteiger partial charge in [0.1, 0.15) is 9.84 Å². The Balaban J connectivity index is 2.08. The number of methoxy groups -OCH3 is 1. The summed E-state index contributed by atoms with van der Waals surface area (Å²) >= 11 is 0. The zero-order valence-electron chi connectivity index (χ0n) is 14.3. The number of carbonyl (C=O) groups excluding carboxylic acids is 2. The first-order valence-electron chi connectivity index (χ1n) is 7.63. The summed E-state index contributed by atoms with van der Waals surface area (Å²) in [5.41, 5.74) is 0.899. The first-order valence-corrected chi connectivity index (χ1v) is 9.69. The Hall–Kier alpha value is -2.94. The standard InChI is InChI=1S/C17H19N3O5S/c1-25-15-9-8-13(10-18-15)19-16(21)17(22)20-14(11-26(2,23)24)12-6-4-3-5-7-12/h3-10,14H,11H2,1-2H3,(H,19,21)(H,20,22). The van der Waals surface area contributed by atoms with Crippen molar-refractivity contribution >= 4 is 27.3 Å². The maximum atomic E-state index is 12.2. The first-order chi connectivity index (χ1) is 12.3. The minimum absolute atomic E-state index is 0.310. The van der Waals surface area contributed by atoms with E-state index in [4.69, 9.17) is 4.74 Å². The third-order valence-corrected chi connectivity index (χ3v) is 4.33. The summed E-state index contributed by atoms with van der Waals surface area (Å²) in [5, 5.41) is 4.85. The Morgan fingerprint density at radius 1 is 1.12 bits per heavy atom. The molecule has 0 aliphatic carbocycles. The number of ether oxygens (including phenoxy) is 1. The van der Waals surface area contributed by atoms with Crippen molar-refractivity contribution in [3.8, 4) is 5.88 Å². The molecule has 0 saturated carbocycles. The van der Waals surface area contributed by atoms with E-state index in [0.29, 0.717) is 17.1 Å². The van der Waals surface area contributed by atoms with Crippen LogP contribution in [0.25, 0.3) is 0 Å². The Labute approximate surface area is 151 Å². The lowest BCUT2D eigenvalue weighted by Gasteiger charge is -2.18. The van der Waals surface area contributed by atoms with Crippen molar-refractivity contribution in [2.45, 2.75) is 6.04 Å². The van der Waals surface area contributed by atoms with Crippen molar-refractivity contribution in [1.29, 1.82) is 0 Å². The Kier molecular flexibility index (Phi) is 6.29. The normalized spacial score (nSPS) is 12.1. The van der Waals surface area contributed by atoms with Crippen LogP contribution in [0.15, 0.2) is 48.7 Å². The van der Waals surface area contributed by atoms with Gasteiger partial charge in [-0.15, -0.1) is 0 Å². The molecule has 2 amide bonds. The predicted octanol–water partition coefficient (Wildman–Crippen LogP) is 0.931. The summed E-state index contributed by atoms with van der Waals surface area (Å²) in [4.78, 5) is 28.2. The SMILES string of the molecule is COc1ccc(NC(=O)C(=O)NC(CS(C)(=O)=O)c2ccccc2)cn1. The van der Waals surface area contributed by atoms with E-state index in [1.807, 2.05) is 0 Å². The minimum atomic E-state index is -3.38. The third-order valence-electron chi connectivity index (χ3n) is 3.39. The van der Waals surface area contributed by atoms with Gasteiger partial charge in [0.05, 0.1) is 30.8 Å². The molecule has 2 aromatic rings. The number of pyridine rings is 1. The molecule has 1 atom stereocenters. The second-order valence-electron chi connectivity index (χ2n) is 5.57. The summed E-state index contributed by atoms with van der Waals surface area (Å²) < 4.78 is 28.2. The second kappa shape index (κ2) is 8.43. The fourth-order valence-electron chi connectivity index (χ4n) is 2.20. The van der Waals surface area contributed by atoms with Gasteiger partial charge in [-0.2, -0.15) is 0 Å². The van der Waals surface area contributed by atoms with Gasteiger partial charge in [0.15, 0.2) is 0 Å². The molecular formula is C17H19N3O5S. The zero-order chi connectivity index (χ0) is 19.2. The van der Waals surface area contributed by atoms with Crippen LogP contribution < -0.4 is 15.4 Å². The monoisotopic (exact) mass is 377 g/mol. The summed E-state index contributed by atoms with van der Waals surface area (Å²) in [6.45, 7) is 0. The molecule has 0 radical (unpaired) electrons. The van der Waals surface area contributed by atoms with Crippen molar-refractivity contribution in [3.05, 3.63) is 54.2 Å². The fourth-order valence-corrected chi connectivity index (χ4v) is 3.08. The van der Waals surface area contributed by atoms with E-state index in [2.05, 4.69) is 15.6 Å². The first kappa shape index (κ1) is 19.4. The molecular weight excluding hydrogens is 358 g/mol. The largest absolute Gasteiger partial charge is 0.481 e. The molecule has 8 nitrogen and oxygen atoms in total. The summed E-state index contributed by atoms with van der Waals surface area (Å²) in [6, 6.07) is 10.8. The van der Waals surface area contributed by atoms with Crippen molar-refractivity contribution < 1.29 is 22.7 Å². The van der Waals surface area contributed by atoms with Crippen molar-refractivity contribution in [2.75, 3.05) is 24.4 Å². The Morgan fingerprint density at radius 3 is 2.35 bits per heavy atom. The molecule has 0 bridgehead atoms. The maximum absolute atomic E-state index is 12.2. The number of carbonyl (C=O) groups is 2. The highest BCUT2D eigenvalue weighted by atomic mass is 32.2. The van der Waals surface area contributed by atoms with Gasteiger partial charge >= 0.3 is 11.8 Å². The average Bonchev–Trinajstić information content (AvgIpc) is 2.61. The van der Waals surface area contributed by atoms with Crippen molar-refractivity contribution in [2.24, 2.45) is 0 Å². The van der Waals surface area contributed by atoms with Crippen LogP contribution in [0.2, 0.25) is 0 Å². The average molecular weight is 377 g/mol. The van der Waals surface area contributed by atoms with Crippen molar-refractivity contribution in [1.82, 2.24) is 10.3 Å². The molecule has 1 aromatic carbocycles. The van der Waals surface area contributed by atoms with Gasteiger partial charge in [0, 0.05) is 12.3 Å². The number of hydrogen-bond acceptors (Lipinski definition) is 6. The molecule has 9 heteroatoms. The van der Waals surface area contributed by atoms with Gasteiger partial charge in [-0.25, -0.2) is 13.4 Å². The van der Waals surface area contributed by atoms with Crippen molar-refractivity contribution in [3.63, 3.8) is 0 Å². The quantitative estimate of drug-likeness (QED) is 0.724. The highest BCUT2D eigenvalue weighted by molar-refractivity contribution is 7.90. The van der Waals surface area contributed by atoms with E-state index in [1.54, 1.807) is 30.3 Å². The number of anilines is 1. The number of benzene rings is 1. The summed E-state index contributed by atoms with van der Waals surface area (Å²) in [5.74, 6) is -1.82. The van der Waals surface area contributed by atoms with Crippen LogP contribution in [0.4, 0.5) is 5.69 Å². The molecule has 1 unspecified atom stereocenters. The molecule has 0 fully saturated rings. The minimum Gasteiger partial charge on any atom is -0.481 e. The van der Waals surface area contributed by atoms with Gasteiger partial charge in [-0.05, 0) is 11.6 Å². The van der Waals surface area contributed by atoms with Crippen LogP contribution in [0.5, 0.6) is 5.88 Å². The molecule has 26 heavy (non-hydrogen) atoms. The Morgan fingerprint density at radius 2 is 1.81 bits per heavy atom. The van der Waals surface area contributed by atoms with E-state index in [1.165, 1.54) is 25.4 Å². The van der Waals surface area contributed by atoms with Gasteiger partial charge in [-0.1, -0.05) is 30.3 Å². The van der Waals surface area contributed by atoms with Gasteiger partial charge in [0.2, 0.25) is 5.88 Å². The van der Waals surface area contributed by atoms with Gasteiger partial charge < -0.3 is 15.4 Å². The number of nitrogens with one attached hydrogen (secondary N) is 2. The van der Waals surface area contributed by atoms with E-state index in [0.717, 1.165) is 6.26 Å². The fraction of sp³-hybridized carbons (Fsp3) is 0.235. The topological polar surface area (TPSA) is 114 Å². The molecule has 0 aliphatic rings. The number of rotatable bonds is 6. The van der Waals surface area contributed by atoms with E-state index < -0.39 is 27.7 Å². The molecule has 1 heterocycles. The van der Waals surface area contributed by atoms with Crippen LogP contribution in [0.1, 0.15) is 11.6 Å². The summed E-state index contributed by atoms with van der Waals surface area (Å²) in [7, 11) is -1.92. The highest BCUT2D eigenvalue weighted by Gasteiger charge is 2.23. The molecule has 2 rings (SSSR count). The number of nitrogens with zero attached hydrogens (tertiary/aromatic N) is 1. The van der Waals surface area contributed by atoms with E-state index in [-0.39, 0.29) is 5.75 Å². The van der Waals surface area contributed by atoms with Crippen LogP contribution in [-0.2, 0) is 19.4 Å². The number of amides is 2. The molecule has 0 spiro atoms. The molecule has 2 N–H and O–H groups in total. The third kappa shape index (κ3) is 5.85. The Bertz CT molecular complexity index is 867. The lowest BCUT2D eigenvalue weighted by atomic mass is 10.1. The molecule has 0 saturated heterocycles. The van der Waals surface area contributed by atoms with Crippen LogP contribution in [0, 0.1) is 0 Å². The number of aromatic nitrogens is 1. The van der Waals surface area contributed by atoms with Crippen LogP contribution >= 0.6 is 0 Å². The maximum Gasteiger partial charge on any atom is 0.313 e. The van der Waals surface area contributed by atoms with Gasteiger partial charge in [-0.3, -0.25) is 9.59 Å². The highest BCUT2D eigenvalue weighted by Crippen LogP contribution is 2.15. The predicted molar refractivity (Wildman–Crippen MR) is 96.5 cm³/mol. The van der Waals surface area contributed by atoms with E-state index >= 15 is 0 Å². The van der Waals surface area contributed by atoms with Gasteiger partial charge in [0.25, 0.3) is 0 Å². The molecule has 138 valence electrons. The lowest BCUT2D eigenvalue weighted by molar-refractivity contribution is -0.136. The molecule has 0 aliphatic heterocycles. The lowest BCUT2D eigenvalue weighted by Crippen LogP contribution is -2.40. The number of hydrogen-bond donors (Lipinski definition) is 2. The second-order valence-corrected chi connectivity index (χ2v) is 7.76. The zero-order valence-corrected chi connectivity index (χ0v) is 15.1. The number of sulfone groups is 1. The van der Waals surface area contributed by atoms with Crippen LogP contribution in [0.3, 0.4) is 0 Å². The van der Waals surface area contributed by atoms with E-state index in [9.17, 15) is 18.0 Å². The smallest absolute Gasteiger partial charge is 0.313 e. The van der Waals surface area contributed by atoms with Crippen LogP contribution in [-0.4, -0.2) is 44.3 Å².